The van der Waals surface area contributed by atoms with Gasteiger partial charge in [-0.2, -0.15) is 0 Å². The molecule has 1 aromatic carbocycles. The predicted octanol–water partition coefficient (Wildman–Crippen LogP) is 2.62. The Hall–Kier alpha value is -1.07. The third-order valence-electron chi connectivity index (χ3n) is 3.88. The number of hydrogen-bond acceptors (Lipinski definition) is 4. The number of rotatable bonds is 2. The molecule has 0 saturated carbocycles. The zero-order chi connectivity index (χ0) is 15.1. The number of nitrogens with zero attached hydrogens (tertiary/aromatic N) is 2. The molecule has 0 fully saturated rings. The molecule has 1 aliphatic carbocycles. The molecule has 1 N–H and O–H groups in total. The topological polar surface area (TPSA) is 37.8 Å². The smallest absolute Gasteiger partial charge is 0.142 e. The van der Waals surface area contributed by atoms with E-state index in [4.69, 9.17) is 23.2 Å². The summed E-state index contributed by atoms with van der Waals surface area (Å²) in [6.07, 6.45) is 6.36. The average Bonchev–Trinajstić information content (AvgIpc) is 2.85. The largest absolute Gasteiger partial charge is 1.00 e. The average molecular weight is 386 g/mol. The normalized spacial score (nSPS) is 13.5. The highest BCUT2D eigenvalue weighted by Crippen LogP contribution is 2.39. The van der Waals surface area contributed by atoms with Crippen LogP contribution in [-0.2, 0) is 12.8 Å². The predicted molar refractivity (Wildman–Crippen MR) is 93.8 cm³/mol. The lowest BCUT2D eigenvalue weighted by Crippen LogP contribution is -3.00. The molecule has 4 rings (SSSR count). The summed E-state index contributed by atoms with van der Waals surface area (Å²) in [5.74, 6) is 0.836. The molecule has 1 aliphatic rings. The van der Waals surface area contributed by atoms with E-state index < -0.39 is 0 Å². The Morgan fingerprint density at radius 1 is 1.00 bits per heavy atom. The minimum Gasteiger partial charge on any atom is -1.00 e. The van der Waals surface area contributed by atoms with Crippen LogP contribution in [0, 0.1) is 0 Å². The molecule has 2 heterocycles. The highest BCUT2D eigenvalue weighted by atomic mass is 35.5. The maximum absolute atomic E-state index is 6.07. The van der Waals surface area contributed by atoms with Gasteiger partial charge >= 0.3 is 0 Å². The van der Waals surface area contributed by atoms with E-state index in [1.807, 2.05) is 12.1 Å². The molecule has 3 aromatic rings. The first kappa shape index (κ1) is 16.8. The number of benzene rings is 1. The quantitative estimate of drug-likeness (QED) is 0.737. The number of nitrogens with one attached hydrogen (secondary N) is 1. The highest BCUT2D eigenvalue weighted by molar-refractivity contribution is 7.19. The molecular weight excluding hydrogens is 373 g/mol. The van der Waals surface area contributed by atoms with Crippen molar-refractivity contribution in [2.75, 3.05) is 5.32 Å². The lowest BCUT2D eigenvalue weighted by Gasteiger charge is -2.12. The Morgan fingerprint density at radius 3 is 2.52 bits per heavy atom. The molecule has 23 heavy (non-hydrogen) atoms. The Bertz CT molecular complexity index is 843. The van der Waals surface area contributed by atoms with E-state index >= 15 is 0 Å². The van der Waals surface area contributed by atoms with Crippen LogP contribution in [0.25, 0.3) is 10.2 Å². The van der Waals surface area contributed by atoms with Gasteiger partial charge in [-0.15, -0.1) is 11.3 Å². The molecule has 120 valence electrons. The molecule has 7 heteroatoms. The molecule has 0 unspecified atom stereocenters. The van der Waals surface area contributed by atoms with Crippen molar-refractivity contribution in [3.8, 4) is 0 Å². The van der Waals surface area contributed by atoms with E-state index in [0.29, 0.717) is 10.0 Å². The SMILES string of the molecule is Clc1cc(Cl)cc(Nc2ncnc3sc4c(c23)CCCC4)c1.[Cl-]. The summed E-state index contributed by atoms with van der Waals surface area (Å²) in [6, 6.07) is 5.41. The number of hydrogen-bond donors (Lipinski definition) is 1. The highest BCUT2D eigenvalue weighted by Gasteiger charge is 2.19. The molecule has 0 aliphatic heterocycles. The second-order valence-corrected chi connectivity index (χ2v) is 7.35. The first-order valence-corrected chi connectivity index (χ1v) is 8.76. The fraction of sp³-hybridized carbons (Fsp3) is 0.250. The van der Waals surface area contributed by atoms with Gasteiger partial charge in [0.05, 0.1) is 5.39 Å². The fourth-order valence-electron chi connectivity index (χ4n) is 2.95. The summed E-state index contributed by atoms with van der Waals surface area (Å²) < 4.78 is 0. The van der Waals surface area contributed by atoms with Crippen LogP contribution in [0.4, 0.5) is 11.5 Å². The molecule has 2 aromatic heterocycles. The van der Waals surface area contributed by atoms with Gasteiger partial charge in [-0.25, -0.2) is 9.97 Å². The van der Waals surface area contributed by atoms with Crippen molar-refractivity contribution in [3.63, 3.8) is 0 Å². The molecule has 0 atom stereocenters. The van der Waals surface area contributed by atoms with Gasteiger partial charge in [0.15, 0.2) is 0 Å². The van der Waals surface area contributed by atoms with Crippen LogP contribution in [-0.4, -0.2) is 9.97 Å². The van der Waals surface area contributed by atoms with Crippen molar-refractivity contribution >= 4 is 56.3 Å². The van der Waals surface area contributed by atoms with E-state index in [9.17, 15) is 0 Å². The molecule has 3 nitrogen and oxygen atoms in total. The summed E-state index contributed by atoms with van der Waals surface area (Å²) in [5, 5.41) is 5.71. The van der Waals surface area contributed by atoms with Crippen molar-refractivity contribution in [3.05, 3.63) is 45.0 Å². The maximum Gasteiger partial charge on any atom is 0.142 e. The molecule has 0 saturated heterocycles. The standard InChI is InChI=1S/C16H13Cl2N3S.ClH/c17-9-5-10(18)7-11(6-9)21-15-14-12-3-1-2-4-13(12)22-16(14)20-8-19-15;/h5-8H,1-4H2,(H,19,20,21);1H/p-1. The van der Waals surface area contributed by atoms with Gasteiger partial charge in [0.25, 0.3) is 0 Å². The maximum atomic E-state index is 6.07. The Kier molecular flexibility index (Phi) is 4.97. The van der Waals surface area contributed by atoms with Crippen LogP contribution in [0.5, 0.6) is 0 Å². The molecule has 0 bridgehead atoms. The van der Waals surface area contributed by atoms with E-state index in [2.05, 4.69) is 15.3 Å². The summed E-state index contributed by atoms with van der Waals surface area (Å²) >= 11 is 13.9. The Morgan fingerprint density at radius 2 is 1.74 bits per heavy atom. The van der Waals surface area contributed by atoms with E-state index in [1.54, 1.807) is 23.7 Å². The third-order valence-corrected chi connectivity index (χ3v) is 5.51. The number of halogens is 3. The van der Waals surface area contributed by atoms with Crippen molar-refractivity contribution in [2.45, 2.75) is 25.7 Å². The molecule has 0 amide bonds. The van der Waals surface area contributed by atoms with Crippen molar-refractivity contribution in [1.82, 2.24) is 9.97 Å². The number of thiophene rings is 1. The van der Waals surface area contributed by atoms with Crippen LogP contribution >= 0.6 is 34.5 Å². The lowest BCUT2D eigenvalue weighted by atomic mass is 9.97. The van der Waals surface area contributed by atoms with E-state index in [-0.39, 0.29) is 12.4 Å². The first-order valence-electron chi connectivity index (χ1n) is 7.19. The lowest BCUT2D eigenvalue weighted by molar-refractivity contribution is -0.00000420. The number of fused-ring (bicyclic) bond motifs is 3. The molecule has 0 radical (unpaired) electrons. The first-order chi connectivity index (χ1) is 10.7. The zero-order valence-corrected chi connectivity index (χ0v) is 15.2. The third kappa shape index (κ3) is 3.26. The fourth-order valence-corrected chi connectivity index (χ4v) is 4.70. The van der Waals surface area contributed by atoms with Gasteiger partial charge in [0.2, 0.25) is 0 Å². The summed E-state index contributed by atoms with van der Waals surface area (Å²) in [5.41, 5.74) is 2.25. The van der Waals surface area contributed by atoms with Crippen molar-refractivity contribution in [2.24, 2.45) is 0 Å². The van der Waals surface area contributed by atoms with Crippen LogP contribution in [0.1, 0.15) is 23.3 Å². The summed E-state index contributed by atoms with van der Waals surface area (Å²) in [7, 11) is 0. The minimum atomic E-state index is 0. The van der Waals surface area contributed by atoms with Gasteiger partial charge in [0.1, 0.15) is 17.0 Å². The Balaban J connectivity index is 0.00000156. The van der Waals surface area contributed by atoms with E-state index in [1.165, 1.54) is 23.3 Å². The summed E-state index contributed by atoms with van der Waals surface area (Å²) in [6.45, 7) is 0. The number of aromatic nitrogens is 2. The second kappa shape index (κ2) is 6.81. The van der Waals surface area contributed by atoms with Gasteiger partial charge < -0.3 is 17.7 Å². The second-order valence-electron chi connectivity index (χ2n) is 5.40. The van der Waals surface area contributed by atoms with Crippen molar-refractivity contribution < 1.29 is 12.4 Å². The van der Waals surface area contributed by atoms with Gasteiger partial charge in [-0.1, -0.05) is 23.2 Å². The van der Waals surface area contributed by atoms with Gasteiger partial charge in [-0.3, -0.25) is 0 Å². The van der Waals surface area contributed by atoms with Gasteiger partial charge in [0, 0.05) is 20.6 Å². The minimum absolute atomic E-state index is 0. The zero-order valence-electron chi connectivity index (χ0n) is 12.1. The van der Waals surface area contributed by atoms with E-state index in [0.717, 1.165) is 34.6 Å². The summed E-state index contributed by atoms with van der Waals surface area (Å²) in [4.78, 5) is 11.4. The molecular formula is C16H13Cl3N3S-. The monoisotopic (exact) mass is 384 g/mol. The van der Waals surface area contributed by atoms with Crippen LogP contribution in [0.15, 0.2) is 24.5 Å². The number of anilines is 2. The number of aryl methyl sites for hydroxylation is 2. The van der Waals surface area contributed by atoms with Crippen molar-refractivity contribution in [1.29, 1.82) is 0 Å². The Labute approximate surface area is 154 Å². The van der Waals surface area contributed by atoms with Crippen LogP contribution < -0.4 is 17.7 Å². The van der Waals surface area contributed by atoms with Crippen LogP contribution in [0.3, 0.4) is 0 Å². The van der Waals surface area contributed by atoms with Crippen LogP contribution in [0.2, 0.25) is 10.0 Å². The molecule has 0 spiro atoms. The van der Waals surface area contributed by atoms with Gasteiger partial charge in [-0.05, 0) is 49.4 Å².